The number of fused-ring (bicyclic) bond motifs is 3. The Morgan fingerprint density at radius 2 is 1.98 bits per heavy atom. The van der Waals surface area contributed by atoms with E-state index in [0.717, 1.165) is 55.9 Å². The fourth-order valence-corrected chi connectivity index (χ4v) is 8.47. The Morgan fingerprint density at radius 3 is 2.73 bits per heavy atom. The van der Waals surface area contributed by atoms with Gasteiger partial charge in [0, 0.05) is 36.2 Å². The highest BCUT2D eigenvalue weighted by Gasteiger charge is 2.39. The summed E-state index contributed by atoms with van der Waals surface area (Å²) in [7, 11) is -2.24. The fourth-order valence-electron chi connectivity index (χ4n) is 6.97. The predicted molar refractivity (Wildman–Crippen MR) is 179 cm³/mol. The number of nitrogens with zero attached hydrogens (tertiary/aromatic N) is 1. The van der Waals surface area contributed by atoms with E-state index in [1.54, 1.807) is 20.1 Å². The SMILES string of the molecule is COCCO[C@H]1/C=C/C[C@H](C)[C@@H](C)S(=O)(=O)NC(=O)c2ccc3c(c2)N(CCCCC2C=C(Cl)C=CC2(C)CO3)C[C@@H]2CC[C@H]21. The van der Waals surface area contributed by atoms with Crippen molar-refractivity contribution in [1.29, 1.82) is 0 Å². The number of hydrogen-bond acceptors (Lipinski definition) is 7. The van der Waals surface area contributed by atoms with Gasteiger partial charge in [0.05, 0.1) is 36.9 Å². The van der Waals surface area contributed by atoms with Gasteiger partial charge in [-0.25, -0.2) is 13.1 Å². The average Bonchev–Trinajstić information content (AvgIpc) is 3.01. The number of ether oxygens (including phenoxy) is 3. The van der Waals surface area contributed by atoms with Crippen molar-refractivity contribution in [3.63, 3.8) is 0 Å². The van der Waals surface area contributed by atoms with Crippen LogP contribution in [0.1, 0.15) is 69.7 Å². The van der Waals surface area contributed by atoms with Gasteiger partial charge in [-0.3, -0.25) is 4.79 Å². The molecule has 10 heteroatoms. The Kier molecular flexibility index (Phi) is 11.0. The van der Waals surface area contributed by atoms with E-state index >= 15 is 0 Å². The zero-order valence-corrected chi connectivity index (χ0v) is 28.6. The van der Waals surface area contributed by atoms with E-state index in [0.29, 0.717) is 49.4 Å². The van der Waals surface area contributed by atoms with Gasteiger partial charge in [-0.1, -0.05) is 56.2 Å². The molecular weight excluding hydrogens is 612 g/mol. The van der Waals surface area contributed by atoms with Gasteiger partial charge in [0.25, 0.3) is 5.91 Å². The van der Waals surface area contributed by atoms with Crippen molar-refractivity contribution in [3.8, 4) is 5.75 Å². The molecule has 2 unspecified atom stereocenters. The van der Waals surface area contributed by atoms with Crippen LogP contribution in [0.4, 0.5) is 5.69 Å². The number of allylic oxidation sites excluding steroid dienone is 4. The minimum absolute atomic E-state index is 0.0805. The fraction of sp³-hybridized carbons (Fsp3) is 0.629. The second kappa shape index (κ2) is 14.6. The summed E-state index contributed by atoms with van der Waals surface area (Å²) in [4.78, 5) is 15.8. The number of halogens is 1. The van der Waals surface area contributed by atoms with E-state index in [9.17, 15) is 13.2 Å². The highest BCUT2D eigenvalue weighted by Crippen LogP contribution is 2.44. The van der Waals surface area contributed by atoms with Crippen LogP contribution in [0.15, 0.2) is 53.6 Å². The number of methoxy groups -OCH3 is 1. The van der Waals surface area contributed by atoms with Crippen molar-refractivity contribution in [3.05, 3.63) is 59.2 Å². The molecule has 0 saturated heterocycles. The molecule has 8 nitrogen and oxygen atoms in total. The number of hydrogen-bond donors (Lipinski definition) is 1. The number of carbonyl (C=O) groups is 1. The van der Waals surface area contributed by atoms with Crippen LogP contribution in [0.25, 0.3) is 0 Å². The lowest BCUT2D eigenvalue weighted by molar-refractivity contribution is -0.0308. The minimum atomic E-state index is -3.91. The highest BCUT2D eigenvalue weighted by molar-refractivity contribution is 7.90. The van der Waals surface area contributed by atoms with Gasteiger partial charge in [-0.05, 0) is 87.0 Å². The summed E-state index contributed by atoms with van der Waals surface area (Å²) >= 11 is 6.43. The topological polar surface area (TPSA) is 94.2 Å². The molecular formula is C35H49ClN2O6S. The van der Waals surface area contributed by atoms with E-state index in [1.165, 1.54) is 0 Å². The monoisotopic (exact) mass is 660 g/mol. The number of amides is 1. The Morgan fingerprint density at radius 1 is 1.16 bits per heavy atom. The lowest BCUT2D eigenvalue weighted by Gasteiger charge is -2.44. The molecule has 0 spiro atoms. The number of sulfonamides is 1. The summed E-state index contributed by atoms with van der Waals surface area (Å²) in [6.45, 7) is 8.82. The average molecular weight is 661 g/mol. The molecule has 5 rings (SSSR count). The second-order valence-electron chi connectivity index (χ2n) is 13.6. The van der Waals surface area contributed by atoms with Gasteiger partial charge in [0.15, 0.2) is 0 Å². The number of rotatable bonds is 4. The Balaban J connectivity index is 1.53. The van der Waals surface area contributed by atoms with Gasteiger partial charge in [0.2, 0.25) is 10.0 Å². The molecule has 1 aromatic rings. The Hall–Kier alpha value is -2.33. The van der Waals surface area contributed by atoms with Crippen molar-refractivity contribution in [2.75, 3.05) is 44.9 Å². The van der Waals surface area contributed by atoms with Crippen molar-refractivity contribution in [1.82, 2.24) is 4.72 Å². The number of benzene rings is 1. The zero-order chi connectivity index (χ0) is 32.2. The first-order valence-corrected chi connectivity index (χ1v) is 18.3. The molecule has 1 fully saturated rings. The molecule has 1 aromatic carbocycles. The van der Waals surface area contributed by atoms with Crippen molar-refractivity contribution < 1.29 is 27.4 Å². The summed E-state index contributed by atoms with van der Waals surface area (Å²) in [5.41, 5.74) is 0.894. The Bertz CT molecular complexity index is 1410. The first kappa shape index (κ1) is 34.0. The van der Waals surface area contributed by atoms with Gasteiger partial charge >= 0.3 is 0 Å². The molecule has 2 bridgehead atoms. The van der Waals surface area contributed by atoms with Crippen LogP contribution in [-0.2, 0) is 19.5 Å². The van der Waals surface area contributed by atoms with Gasteiger partial charge in [0.1, 0.15) is 5.75 Å². The molecule has 45 heavy (non-hydrogen) atoms. The molecule has 0 aromatic heterocycles. The quantitative estimate of drug-likeness (QED) is 0.292. The highest BCUT2D eigenvalue weighted by atomic mass is 35.5. The molecule has 2 aliphatic heterocycles. The first-order valence-electron chi connectivity index (χ1n) is 16.4. The van der Waals surface area contributed by atoms with Crippen LogP contribution in [0.5, 0.6) is 5.75 Å². The third-order valence-corrected chi connectivity index (χ3v) is 12.6. The maximum Gasteiger partial charge on any atom is 0.264 e. The van der Waals surface area contributed by atoms with E-state index in [2.05, 4.69) is 34.8 Å². The molecule has 1 N–H and O–H groups in total. The van der Waals surface area contributed by atoms with Gasteiger partial charge in [-0.15, -0.1) is 0 Å². The second-order valence-corrected chi connectivity index (χ2v) is 16.0. The maximum atomic E-state index is 13.4. The van der Waals surface area contributed by atoms with Crippen molar-refractivity contribution in [2.45, 2.75) is 70.7 Å². The van der Waals surface area contributed by atoms with Crippen LogP contribution < -0.4 is 14.4 Å². The first-order chi connectivity index (χ1) is 21.5. The minimum Gasteiger partial charge on any atom is -0.490 e. The van der Waals surface area contributed by atoms with Crippen LogP contribution in [0.3, 0.4) is 0 Å². The molecule has 7 atom stereocenters. The number of anilines is 1. The van der Waals surface area contributed by atoms with E-state index < -0.39 is 21.2 Å². The van der Waals surface area contributed by atoms with Crippen LogP contribution in [0, 0.1) is 29.1 Å². The van der Waals surface area contributed by atoms with Gasteiger partial charge < -0.3 is 19.1 Å². The number of carbonyl (C=O) groups excluding carboxylic acids is 1. The largest absolute Gasteiger partial charge is 0.490 e. The Labute approximate surface area is 274 Å². The molecule has 1 saturated carbocycles. The maximum absolute atomic E-state index is 13.4. The summed E-state index contributed by atoms with van der Waals surface area (Å²) in [6, 6.07) is 5.30. The third kappa shape index (κ3) is 7.98. The predicted octanol–water partition coefficient (Wildman–Crippen LogP) is 6.47. The summed E-state index contributed by atoms with van der Waals surface area (Å²) in [5.74, 6) is 0.854. The molecule has 4 aliphatic rings. The molecule has 0 radical (unpaired) electrons. The number of nitrogens with one attached hydrogen (secondary N) is 1. The van der Waals surface area contributed by atoms with E-state index in [-0.39, 0.29) is 23.4 Å². The summed E-state index contributed by atoms with van der Waals surface area (Å²) in [6.07, 6.45) is 16.1. The third-order valence-electron chi connectivity index (χ3n) is 10.4. The smallest absolute Gasteiger partial charge is 0.264 e. The van der Waals surface area contributed by atoms with Crippen LogP contribution in [-0.4, -0.2) is 65.7 Å². The normalized spacial score (nSPS) is 34.5. The van der Waals surface area contributed by atoms with Gasteiger partial charge in [-0.2, -0.15) is 0 Å². The van der Waals surface area contributed by atoms with Crippen LogP contribution in [0.2, 0.25) is 0 Å². The standard InChI is InChI=1S/C35H49ClN2O6S/c1-24-8-7-10-32(43-19-18-42-4)30-13-11-27(30)22-38-17-6-5-9-28-21-29(36)15-16-35(28,3)23-44-33-14-12-26(20-31(33)38)34(39)37-45(40,41)25(24)2/h7,10,12,14-16,20-21,24-25,27-28,30,32H,5-6,8-9,11,13,17-19,22-23H2,1-4H3,(H,37,39)/b10-7+/t24-,25+,27-,28?,30+,32-,35?/m0/s1. The van der Waals surface area contributed by atoms with E-state index in [1.807, 2.05) is 31.2 Å². The summed E-state index contributed by atoms with van der Waals surface area (Å²) < 4.78 is 47.2. The molecule has 248 valence electrons. The summed E-state index contributed by atoms with van der Waals surface area (Å²) in [5, 5.41) is 0.00305. The molecule has 1 amide bonds. The van der Waals surface area contributed by atoms with E-state index in [4.69, 9.17) is 25.8 Å². The van der Waals surface area contributed by atoms with Crippen molar-refractivity contribution >= 4 is 33.2 Å². The zero-order valence-electron chi connectivity index (χ0n) is 27.0. The lowest BCUT2D eigenvalue weighted by atomic mass is 9.70. The molecule has 2 aliphatic carbocycles. The van der Waals surface area contributed by atoms with Crippen LogP contribution >= 0.6 is 11.6 Å². The molecule has 2 heterocycles. The van der Waals surface area contributed by atoms with Crippen molar-refractivity contribution in [2.24, 2.45) is 29.1 Å². The lowest BCUT2D eigenvalue weighted by Crippen LogP contribution is -2.44.